The molecule has 2 fully saturated rings. The van der Waals surface area contributed by atoms with Gasteiger partial charge in [-0.2, -0.15) is 13.2 Å². The number of piperidine rings is 1. The number of fused-ring (bicyclic) bond motifs is 1. The quantitative estimate of drug-likeness (QED) is 0.297. The summed E-state index contributed by atoms with van der Waals surface area (Å²) < 4.78 is 50.0. The van der Waals surface area contributed by atoms with E-state index in [4.69, 9.17) is 4.74 Å². The third kappa shape index (κ3) is 7.02. The van der Waals surface area contributed by atoms with Gasteiger partial charge in [0.25, 0.3) is 0 Å². The van der Waals surface area contributed by atoms with Crippen molar-refractivity contribution in [1.29, 1.82) is 0 Å². The van der Waals surface area contributed by atoms with Crippen molar-refractivity contribution in [3.63, 3.8) is 0 Å². The Morgan fingerprint density at radius 1 is 1.00 bits per heavy atom. The van der Waals surface area contributed by atoms with E-state index in [1.807, 2.05) is 24.3 Å². The first-order valence-electron chi connectivity index (χ1n) is 14.5. The van der Waals surface area contributed by atoms with Crippen LogP contribution >= 0.6 is 0 Å². The fraction of sp³-hybridized carbons (Fsp3) is 0.581. The van der Waals surface area contributed by atoms with Crippen LogP contribution in [-0.4, -0.2) is 48.8 Å². The molecule has 1 aliphatic carbocycles. The van der Waals surface area contributed by atoms with Gasteiger partial charge in [0.05, 0.1) is 6.04 Å². The van der Waals surface area contributed by atoms with Gasteiger partial charge in [0.2, 0.25) is 0 Å². The number of esters is 1. The molecule has 0 radical (unpaired) electrons. The summed E-state index contributed by atoms with van der Waals surface area (Å²) in [5.41, 5.74) is 3.06. The molecule has 0 bridgehead atoms. The van der Waals surface area contributed by atoms with Crippen LogP contribution < -0.4 is 10.1 Å². The molecule has 2 aromatic carbocycles. The fourth-order valence-corrected chi connectivity index (χ4v) is 6.56. The molecule has 1 N–H and O–H groups in total. The number of halogens is 3. The average Bonchev–Trinajstić information content (AvgIpc) is 2.96. The lowest BCUT2D eigenvalue weighted by atomic mass is 9.83. The van der Waals surface area contributed by atoms with Crippen molar-refractivity contribution in [3.05, 3.63) is 65.2 Å². The highest BCUT2D eigenvalue weighted by atomic mass is 19.4. The highest BCUT2D eigenvalue weighted by molar-refractivity contribution is 5.78. The Balaban J connectivity index is 1.45. The first-order valence-corrected chi connectivity index (χ1v) is 14.5. The van der Waals surface area contributed by atoms with Gasteiger partial charge in [-0.15, -0.1) is 0 Å². The van der Waals surface area contributed by atoms with Gasteiger partial charge in [-0.1, -0.05) is 62.1 Å². The molecule has 0 spiro atoms. The predicted octanol–water partition coefficient (Wildman–Crippen LogP) is 6.68. The number of rotatable bonds is 8. The van der Waals surface area contributed by atoms with E-state index in [2.05, 4.69) is 27.1 Å². The number of hydrogen-bond donors (Lipinski definition) is 1. The summed E-state index contributed by atoms with van der Waals surface area (Å²) in [4.78, 5) is 14.1. The average molecular weight is 545 g/mol. The van der Waals surface area contributed by atoms with Gasteiger partial charge >= 0.3 is 12.1 Å². The number of ether oxygens (including phenoxy) is 2. The Bertz CT molecular complexity index is 1080. The number of alkyl halides is 3. The summed E-state index contributed by atoms with van der Waals surface area (Å²) in [6, 6.07) is 16.1. The second-order valence-electron chi connectivity index (χ2n) is 11.1. The van der Waals surface area contributed by atoms with Crippen LogP contribution in [0.15, 0.2) is 48.5 Å². The van der Waals surface area contributed by atoms with Crippen molar-refractivity contribution in [2.24, 2.45) is 0 Å². The zero-order chi connectivity index (χ0) is 27.2. The monoisotopic (exact) mass is 544 g/mol. The van der Waals surface area contributed by atoms with Crippen LogP contribution in [0, 0.1) is 0 Å². The van der Waals surface area contributed by atoms with Gasteiger partial charge in [0.15, 0.2) is 0 Å². The van der Waals surface area contributed by atoms with Gasteiger partial charge in [-0.3, -0.25) is 4.90 Å². The molecule has 3 unspecified atom stereocenters. The maximum Gasteiger partial charge on any atom is 0.491 e. The molecule has 3 atom stereocenters. The standard InChI is InChI=1S/C31H39F3N2O3/c32-31(33,34)30(37)39-26-14-15-27-23(21-26)16-19-36(25-12-5-2-6-13-25)28(27)29(22-9-3-1-4-10-22)38-20-17-24-11-7-8-18-35-24/h1,3-4,9-10,14-15,21,24-25,28-29,35H,2,5-8,11-13,16-20H2. The maximum absolute atomic E-state index is 12.8. The Morgan fingerprint density at radius 3 is 2.49 bits per heavy atom. The van der Waals surface area contributed by atoms with E-state index in [0.717, 1.165) is 49.0 Å². The molecule has 1 saturated carbocycles. The first-order chi connectivity index (χ1) is 18.9. The molecule has 0 aromatic heterocycles. The van der Waals surface area contributed by atoms with Crippen molar-refractivity contribution in [1.82, 2.24) is 10.2 Å². The third-order valence-electron chi connectivity index (χ3n) is 8.51. The molecular formula is C31H39F3N2O3. The smallest absolute Gasteiger partial charge is 0.420 e. The fourth-order valence-electron chi connectivity index (χ4n) is 6.56. The summed E-state index contributed by atoms with van der Waals surface area (Å²) in [7, 11) is 0. The molecule has 39 heavy (non-hydrogen) atoms. The van der Waals surface area contributed by atoms with Crippen LogP contribution in [-0.2, 0) is 16.0 Å². The molecule has 0 amide bonds. The van der Waals surface area contributed by atoms with Crippen LogP contribution in [0.1, 0.15) is 86.6 Å². The number of nitrogens with zero attached hydrogens (tertiary/aromatic N) is 1. The highest BCUT2D eigenvalue weighted by Crippen LogP contribution is 2.45. The van der Waals surface area contributed by atoms with Gasteiger partial charge in [0.1, 0.15) is 11.9 Å². The van der Waals surface area contributed by atoms with E-state index >= 15 is 0 Å². The molecule has 2 heterocycles. The molecule has 2 aromatic rings. The summed E-state index contributed by atoms with van der Waals surface area (Å²) in [5.74, 6) is -2.26. The second kappa shape index (κ2) is 12.8. The van der Waals surface area contributed by atoms with Crippen molar-refractivity contribution in [2.75, 3.05) is 19.7 Å². The van der Waals surface area contributed by atoms with Crippen LogP contribution in [0.5, 0.6) is 5.75 Å². The van der Waals surface area contributed by atoms with Crippen molar-refractivity contribution in [2.45, 2.75) is 94.6 Å². The third-order valence-corrected chi connectivity index (χ3v) is 8.51. The summed E-state index contributed by atoms with van der Waals surface area (Å²) in [5, 5.41) is 3.61. The van der Waals surface area contributed by atoms with Crippen molar-refractivity contribution in [3.8, 4) is 5.75 Å². The van der Waals surface area contributed by atoms with E-state index in [-0.39, 0.29) is 17.9 Å². The van der Waals surface area contributed by atoms with Crippen molar-refractivity contribution < 1.29 is 27.4 Å². The lowest BCUT2D eigenvalue weighted by Gasteiger charge is -2.46. The van der Waals surface area contributed by atoms with Gasteiger partial charge in [-0.25, -0.2) is 4.79 Å². The zero-order valence-electron chi connectivity index (χ0n) is 22.4. The largest absolute Gasteiger partial charge is 0.491 e. The summed E-state index contributed by atoms with van der Waals surface area (Å²) in [6.45, 7) is 2.47. The topological polar surface area (TPSA) is 50.8 Å². The number of benzene rings is 2. The molecule has 5 rings (SSSR count). The van der Waals surface area contributed by atoms with Gasteiger partial charge < -0.3 is 14.8 Å². The number of hydrogen-bond acceptors (Lipinski definition) is 5. The maximum atomic E-state index is 12.8. The van der Waals surface area contributed by atoms with E-state index in [1.165, 1.54) is 44.6 Å². The van der Waals surface area contributed by atoms with E-state index in [1.54, 1.807) is 6.07 Å². The SMILES string of the molecule is O=C(Oc1ccc2c(c1)CCN(C1CCCCC1)C2C(OCCC1CCCCN1)c1ccccc1)C(F)(F)F. The van der Waals surface area contributed by atoms with Gasteiger partial charge in [0, 0.05) is 25.2 Å². The Labute approximate surface area is 229 Å². The number of carbonyl (C=O) groups is 1. The van der Waals surface area contributed by atoms with Crippen LogP contribution in [0.4, 0.5) is 13.2 Å². The Morgan fingerprint density at radius 2 is 1.77 bits per heavy atom. The molecule has 1 saturated heterocycles. The van der Waals surface area contributed by atoms with Crippen LogP contribution in [0.3, 0.4) is 0 Å². The number of nitrogens with one attached hydrogen (secondary N) is 1. The van der Waals surface area contributed by atoms with Crippen LogP contribution in [0.25, 0.3) is 0 Å². The first kappa shape index (κ1) is 28.1. The Kier molecular flexibility index (Phi) is 9.25. The second-order valence-corrected chi connectivity index (χ2v) is 11.1. The van der Waals surface area contributed by atoms with E-state index < -0.39 is 12.1 Å². The lowest BCUT2D eigenvalue weighted by molar-refractivity contribution is -0.189. The molecule has 3 aliphatic rings. The minimum absolute atomic E-state index is 0.0681. The zero-order valence-corrected chi connectivity index (χ0v) is 22.4. The molecule has 5 nitrogen and oxygen atoms in total. The highest BCUT2D eigenvalue weighted by Gasteiger charge is 2.42. The van der Waals surface area contributed by atoms with E-state index in [9.17, 15) is 18.0 Å². The summed E-state index contributed by atoms with van der Waals surface area (Å²) in [6.07, 6.45) is 5.95. The van der Waals surface area contributed by atoms with Crippen LogP contribution in [0.2, 0.25) is 0 Å². The van der Waals surface area contributed by atoms with E-state index in [0.29, 0.717) is 25.1 Å². The number of carbonyl (C=O) groups excluding carboxylic acids is 1. The molecular weight excluding hydrogens is 505 g/mol. The Hall–Kier alpha value is -2.42. The lowest BCUT2D eigenvalue weighted by Crippen LogP contribution is -2.46. The minimum Gasteiger partial charge on any atom is -0.420 e. The minimum atomic E-state index is -5.03. The predicted molar refractivity (Wildman–Crippen MR) is 144 cm³/mol. The molecule has 212 valence electrons. The van der Waals surface area contributed by atoms with Crippen molar-refractivity contribution >= 4 is 5.97 Å². The normalized spacial score (nSPS) is 23.7. The molecule has 2 aliphatic heterocycles. The molecule has 8 heteroatoms. The van der Waals surface area contributed by atoms with Gasteiger partial charge in [-0.05, 0) is 73.9 Å². The summed E-state index contributed by atoms with van der Waals surface area (Å²) >= 11 is 0.